The maximum atomic E-state index is 12.8. The molecular formula is C21H19N5O3. The van der Waals surface area contributed by atoms with Gasteiger partial charge in [0.05, 0.1) is 5.52 Å². The van der Waals surface area contributed by atoms with Crippen LogP contribution in [0.5, 0.6) is 0 Å². The number of anilines is 2. The third-order valence-corrected chi connectivity index (χ3v) is 4.46. The van der Waals surface area contributed by atoms with Crippen LogP contribution >= 0.6 is 0 Å². The maximum Gasteiger partial charge on any atom is 0.292 e. The molecule has 0 unspecified atom stereocenters. The zero-order chi connectivity index (χ0) is 20.4. The number of benzene rings is 1. The van der Waals surface area contributed by atoms with Crippen LogP contribution in [0, 0.1) is 6.92 Å². The fraction of sp³-hybridized carbons (Fsp3) is 0.143. The molecule has 8 nitrogen and oxygen atoms in total. The van der Waals surface area contributed by atoms with Crippen molar-refractivity contribution in [3.63, 3.8) is 0 Å². The highest BCUT2D eigenvalue weighted by molar-refractivity contribution is 6.10. The summed E-state index contributed by atoms with van der Waals surface area (Å²) in [6.07, 6.45) is 2.61. The lowest BCUT2D eigenvalue weighted by molar-refractivity contribution is 0.101. The third-order valence-electron chi connectivity index (χ3n) is 4.46. The number of aromatic nitrogens is 3. The van der Waals surface area contributed by atoms with E-state index in [0.29, 0.717) is 17.0 Å². The van der Waals surface area contributed by atoms with Crippen molar-refractivity contribution < 1.29 is 14.1 Å². The van der Waals surface area contributed by atoms with E-state index in [-0.39, 0.29) is 17.3 Å². The number of hydrogen-bond donors (Lipinski definition) is 2. The van der Waals surface area contributed by atoms with Gasteiger partial charge in [-0.25, -0.2) is 4.98 Å². The Bertz CT molecular complexity index is 1190. The first kappa shape index (κ1) is 18.4. The summed E-state index contributed by atoms with van der Waals surface area (Å²) in [6.45, 7) is 3.79. The van der Waals surface area contributed by atoms with Gasteiger partial charge in [-0.2, -0.15) is 0 Å². The number of rotatable bonds is 5. The van der Waals surface area contributed by atoms with Crippen LogP contribution < -0.4 is 10.6 Å². The predicted octanol–water partition coefficient (Wildman–Crippen LogP) is 3.70. The van der Waals surface area contributed by atoms with Gasteiger partial charge >= 0.3 is 0 Å². The van der Waals surface area contributed by atoms with E-state index >= 15 is 0 Å². The average molecular weight is 389 g/mol. The SMILES string of the molecule is CCc1ccc(NC(=O)c2nc(C(=O)Nc3cc(C)on3)c3ccccn23)cc1. The van der Waals surface area contributed by atoms with Crippen LogP contribution in [-0.4, -0.2) is 26.4 Å². The van der Waals surface area contributed by atoms with E-state index in [1.807, 2.05) is 24.3 Å². The van der Waals surface area contributed by atoms with E-state index in [9.17, 15) is 9.59 Å². The fourth-order valence-electron chi connectivity index (χ4n) is 2.98. The Morgan fingerprint density at radius 2 is 1.86 bits per heavy atom. The molecule has 0 radical (unpaired) electrons. The molecule has 0 atom stereocenters. The molecule has 0 aliphatic rings. The van der Waals surface area contributed by atoms with E-state index in [4.69, 9.17) is 4.52 Å². The normalized spacial score (nSPS) is 10.8. The van der Waals surface area contributed by atoms with Crippen LogP contribution in [0.1, 0.15) is 39.4 Å². The molecule has 2 N–H and O–H groups in total. The van der Waals surface area contributed by atoms with Crippen LogP contribution in [0.15, 0.2) is 59.3 Å². The number of aryl methyl sites for hydroxylation is 2. The van der Waals surface area contributed by atoms with Crippen molar-refractivity contribution in [2.24, 2.45) is 0 Å². The predicted molar refractivity (Wildman–Crippen MR) is 108 cm³/mol. The molecule has 0 fully saturated rings. The lowest BCUT2D eigenvalue weighted by atomic mass is 10.1. The highest BCUT2D eigenvalue weighted by Crippen LogP contribution is 2.18. The molecule has 0 aliphatic heterocycles. The van der Waals surface area contributed by atoms with Crippen molar-refractivity contribution in [2.75, 3.05) is 10.6 Å². The van der Waals surface area contributed by atoms with Gasteiger partial charge in [0.15, 0.2) is 11.5 Å². The Morgan fingerprint density at radius 3 is 2.55 bits per heavy atom. The van der Waals surface area contributed by atoms with E-state index in [1.165, 1.54) is 5.56 Å². The van der Waals surface area contributed by atoms with Crippen molar-refractivity contribution in [2.45, 2.75) is 20.3 Å². The van der Waals surface area contributed by atoms with E-state index < -0.39 is 11.8 Å². The summed E-state index contributed by atoms with van der Waals surface area (Å²) in [7, 11) is 0. The van der Waals surface area contributed by atoms with Gasteiger partial charge in [0.1, 0.15) is 5.76 Å². The molecule has 4 rings (SSSR count). The summed E-state index contributed by atoms with van der Waals surface area (Å²) in [5, 5.41) is 9.21. The van der Waals surface area contributed by atoms with Crippen LogP contribution in [0.4, 0.5) is 11.5 Å². The fourth-order valence-corrected chi connectivity index (χ4v) is 2.98. The highest BCUT2D eigenvalue weighted by Gasteiger charge is 2.22. The first-order valence-electron chi connectivity index (χ1n) is 9.17. The Hall–Kier alpha value is -3.94. The second kappa shape index (κ2) is 7.59. The minimum absolute atomic E-state index is 0.113. The van der Waals surface area contributed by atoms with Gasteiger partial charge in [-0.05, 0) is 43.2 Å². The molecule has 2 amide bonds. The molecule has 1 aromatic carbocycles. The monoisotopic (exact) mass is 389 g/mol. The molecule has 8 heteroatoms. The first-order chi connectivity index (χ1) is 14.0. The Balaban J connectivity index is 1.64. The van der Waals surface area contributed by atoms with Gasteiger partial charge in [0, 0.05) is 18.0 Å². The van der Waals surface area contributed by atoms with Crippen molar-refractivity contribution >= 4 is 28.8 Å². The van der Waals surface area contributed by atoms with E-state index in [1.54, 1.807) is 41.8 Å². The van der Waals surface area contributed by atoms with Gasteiger partial charge in [0.25, 0.3) is 11.8 Å². The van der Waals surface area contributed by atoms with Crippen molar-refractivity contribution in [1.82, 2.24) is 14.5 Å². The standard InChI is InChI=1S/C21H19N5O3/c1-3-14-7-9-15(10-8-14)22-21(28)19-24-18(16-6-4-5-11-26(16)19)20(27)23-17-12-13(2)29-25-17/h4-12H,3H2,1-2H3,(H,22,28)(H,23,25,27). The second-order valence-corrected chi connectivity index (χ2v) is 6.52. The maximum absolute atomic E-state index is 12.8. The minimum Gasteiger partial charge on any atom is -0.360 e. The van der Waals surface area contributed by atoms with Gasteiger partial charge in [-0.1, -0.05) is 30.3 Å². The third kappa shape index (κ3) is 3.73. The smallest absolute Gasteiger partial charge is 0.292 e. The summed E-state index contributed by atoms with van der Waals surface area (Å²) in [5.41, 5.74) is 2.47. The van der Waals surface area contributed by atoms with Crippen LogP contribution in [0.2, 0.25) is 0 Å². The zero-order valence-electron chi connectivity index (χ0n) is 16.0. The number of carbonyl (C=O) groups is 2. The molecule has 3 heterocycles. The molecule has 4 aromatic rings. The number of fused-ring (bicyclic) bond motifs is 1. The van der Waals surface area contributed by atoms with Gasteiger partial charge in [0.2, 0.25) is 5.82 Å². The first-order valence-corrected chi connectivity index (χ1v) is 9.17. The largest absolute Gasteiger partial charge is 0.360 e. The zero-order valence-corrected chi connectivity index (χ0v) is 16.0. The van der Waals surface area contributed by atoms with Crippen molar-refractivity contribution in [3.8, 4) is 0 Å². The molecular weight excluding hydrogens is 370 g/mol. The molecule has 29 heavy (non-hydrogen) atoms. The van der Waals surface area contributed by atoms with Gasteiger partial charge in [-0.3, -0.25) is 14.0 Å². The Labute approximate surface area is 166 Å². The number of carbonyl (C=O) groups excluding carboxylic acids is 2. The number of imidazole rings is 1. The molecule has 3 aromatic heterocycles. The van der Waals surface area contributed by atoms with Crippen molar-refractivity contribution in [1.29, 1.82) is 0 Å². The number of pyridine rings is 1. The van der Waals surface area contributed by atoms with E-state index in [2.05, 4.69) is 27.7 Å². The van der Waals surface area contributed by atoms with Crippen LogP contribution in [-0.2, 0) is 6.42 Å². The Morgan fingerprint density at radius 1 is 1.07 bits per heavy atom. The molecule has 0 saturated heterocycles. The number of nitrogens with one attached hydrogen (secondary N) is 2. The van der Waals surface area contributed by atoms with Crippen LogP contribution in [0.25, 0.3) is 5.52 Å². The molecule has 0 aliphatic carbocycles. The van der Waals surface area contributed by atoms with Gasteiger partial charge < -0.3 is 15.2 Å². The number of hydrogen-bond acceptors (Lipinski definition) is 5. The summed E-state index contributed by atoms with van der Waals surface area (Å²) in [6, 6.07) is 14.5. The highest BCUT2D eigenvalue weighted by atomic mass is 16.5. The van der Waals surface area contributed by atoms with E-state index in [0.717, 1.165) is 6.42 Å². The lowest BCUT2D eigenvalue weighted by Gasteiger charge is -2.05. The van der Waals surface area contributed by atoms with Crippen molar-refractivity contribution in [3.05, 3.63) is 77.6 Å². The van der Waals surface area contributed by atoms with Gasteiger partial charge in [-0.15, -0.1) is 0 Å². The average Bonchev–Trinajstić information content (AvgIpc) is 3.32. The molecule has 0 saturated carbocycles. The molecule has 146 valence electrons. The topological polar surface area (TPSA) is 102 Å². The summed E-state index contributed by atoms with van der Waals surface area (Å²) >= 11 is 0. The minimum atomic E-state index is -0.478. The Kier molecular flexibility index (Phi) is 4.82. The molecule has 0 bridgehead atoms. The summed E-state index contributed by atoms with van der Waals surface area (Å²) in [4.78, 5) is 29.8. The summed E-state index contributed by atoms with van der Waals surface area (Å²) < 4.78 is 6.54. The number of amides is 2. The summed E-state index contributed by atoms with van der Waals surface area (Å²) in [5.74, 6) is 0.0810. The lowest BCUT2D eigenvalue weighted by Crippen LogP contribution is -2.16. The quantitative estimate of drug-likeness (QED) is 0.542. The van der Waals surface area contributed by atoms with Crippen LogP contribution in [0.3, 0.4) is 0 Å². The number of nitrogens with zero attached hydrogens (tertiary/aromatic N) is 3. The second-order valence-electron chi connectivity index (χ2n) is 6.52. The molecule has 0 spiro atoms.